The highest BCUT2D eigenvalue weighted by Crippen LogP contribution is 2.26. The van der Waals surface area contributed by atoms with Gasteiger partial charge in [-0.1, -0.05) is 11.6 Å². The van der Waals surface area contributed by atoms with Gasteiger partial charge in [-0.25, -0.2) is 0 Å². The monoisotopic (exact) mass is 222 g/mol. The lowest BCUT2D eigenvalue weighted by Crippen LogP contribution is -2.15. The molecule has 1 atom stereocenters. The molecular weight excluding hydrogens is 205 g/mol. The molecule has 1 aliphatic rings. The van der Waals surface area contributed by atoms with Crippen LogP contribution in [0.25, 0.3) is 0 Å². The van der Waals surface area contributed by atoms with Crippen molar-refractivity contribution in [3.63, 3.8) is 0 Å². The number of aliphatic hydroxyl groups is 1. The van der Waals surface area contributed by atoms with Crippen LogP contribution in [0.3, 0.4) is 0 Å². The van der Waals surface area contributed by atoms with E-state index in [9.17, 15) is 18.3 Å². The molecule has 0 amide bonds. The van der Waals surface area contributed by atoms with E-state index in [1.807, 2.05) is 0 Å². The Hall–Kier alpha value is -0.510. The van der Waals surface area contributed by atoms with Crippen LogP contribution in [0.15, 0.2) is 11.6 Å². The van der Waals surface area contributed by atoms with Gasteiger partial charge in [0.15, 0.2) is 0 Å². The number of halogens is 3. The van der Waals surface area contributed by atoms with Crippen molar-refractivity contribution in [3.8, 4) is 0 Å². The van der Waals surface area contributed by atoms with E-state index in [-0.39, 0.29) is 6.42 Å². The van der Waals surface area contributed by atoms with Crippen LogP contribution in [0.1, 0.15) is 44.9 Å². The normalized spacial score (nSPS) is 19.9. The van der Waals surface area contributed by atoms with Gasteiger partial charge in [-0.15, -0.1) is 0 Å². The standard InChI is InChI=1S/C11H17F3O/c12-11(13,14)7-6-10(15)8-9-4-2-1-3-5-9/h4,10,15H,1-3,5-8H2. The van der Waals surface area contributed by atoms with Crippen molar-refractivity contribution in [2.75, 3.05) is 0 Å². The fourth-order valence-corrected chi connectivity index (χ4v) is 1.83. The average molecular weight is 222 g/mol. The maximum absolute atomic E-state index is 11.9. The zero-order valence-corrected chi connectivity index (χ0v) is 8.69. The van der Waals surface area contributed by atoms with Crippen molar-refractivity contribution >= 4 is 0 Å². The first kappa shape index (κ1) is 12.6. The fourth-order valence-electron chi connectivity index (χ4n) is 1.83. The molecule has 88 valence electrons. The Bertz CT molecular complexity index is 220. The van der Waals surface area contributed by atoms with E-state index < -0.39 is 18.7 Å². The van der Waals surface area contributed by atoms with Gasteiger partial charge in [-0.3, -0.25) is 0 Å². The SMILES string of the molecule is OC(CCC(F)(F)F)CC1=CCCCC1. The largest absolute Gasteiger partial charge is 0.393 e. The Morgan fingerprint density at radius 2 is 2.07 bits per heavy atom. The molecule has 1 aliphatic carbocycles. The molecule has 0 aromatic rings. The van der Waals surface area contributed by atoms with E-state index in [1.54, 1.807) is 0 Å². The zero-order chi connectivity index (χ0) is 11.3. The van der Waals surface area contributed by atoms with E-state index in [0.717, 1.165) is 31.3 Å². The Labute approximate surface area is 88.0 Å². The van der Waals surface area contributed by atoms with Gasteiger partial charge in [0, 0.05) is 6.42 Å². The summed E-state index contributed by atoms with van der Waals surface area (Å²) in [4.78, 5) is 0. The summed E-state index contributed by atoms with van der Waals surface area (Å²) in [6.45, 7) is 0. The lowest BCUT2D eigenvalue weighted by atomic mass is 9.94. The summed E-state index contributed by atoms with van der Waals surface area (Å²) < 4.78 is 35.6. The van der Waals surface area contributed by atoms with Crippen LogP contribution in [0, 0.1) is 0 Å². The minimum Gasteiger partial charge on any atom is -0.393 e. The number of allylic oxidation sites excluding steroid dienone is 1. The summed E-state index contributed by atoms with van der Waals surface area (Å²) in [5.41, 5.74) is 1.12. The summed E-state index contributed by atoms with van der Waals surface area (Å²) in [6, 6.07) is 0. The van der Waals surface area contributed by atoms with Gasteiger partial charge in [0.2, 0.25) is 0 Å². The Morgan fingerprint density at radius 1 is 1.33 bits per heavy atom. The third kappa shape index (κ3) is 5.82. The molecule has 0 fully saturated rings. The number of aliphatic hydroxyl groups excluding tert-OH is 1. The van der Waals surface area contributed by atoms with Crippen LogP contribution in [-0.4, -0.2) is 17.4 Å². The second-order valence-electron chi connectivity index (χ2n) is 4.12. The molecular formula is C11H17F3O. The molecule has 4 heteroatoms. The highest BCUT2D eigenvalue weighted by molar-refractivity contribution is 5.06. The number of hydrogen-bond acceptors (Lipinski definition) is 1. The quantitative estimate of drug-likeness (QED) is 0.721. The van der Waals surface area contributed by atoms with Crippen LogP contribution in [0.5, 0.6) is 0 Å². The molecule has 0 bridgehead atoms. The molecule has 0 heterocycles. The molecule has 15 heavy (non-hydrogen) atoms. The Kier molecular flexibility index (Phi) is 4.64. The minimum absolute atomic E-state index is 0.180. The van der Waals surface area contributed by atoms with Gasteiger partial charge in [0.1, 0.15) is 0 Å². The number of hydrogen-bond donors (Lipinski definition) is 1. The summed E-state index contributed by atoms with van der Waals surface area (Å²) in [5.74, 6) is 0. The molecule has 1 N–H and O–H groups in total. The third-order valence-electron chi connectivity index (χ3n) is 2.64. The first-order valence-corrected chi connectivity index (χ1v) is 5.40. The summed E-state index contributed by atoms with van der Waals surface area (Å²) in [6.07, 6.45) is 0.598. The molecule has 0 radical (unpaired) electrons. The lowest BCUT2D eigenvalue weighted by Gasteiger charge is -2.17. The molecule has 1 unspecified atom stereocenters. The van der Waals surface area contributed by atoms with Crippen LogP contribution in [0.4, 0.5) is 13.2 Å². The van der Waals surface area contributed by atoms with Crippen molar-refractivity contribution < 1.29 is 18.3 Å². The summed E-state index contributed by atoms with van der Waals surface area (Å²) in [5, 5.41) is 9.42. The molecule has 0 aromatic carbocycles. The Balaban J connectivity index is 2.23. The smallest absolute Gasteiger partial charge is 0.389 e. The van der Waals surface area contributed by atoms with Gasteiger partial charge in [0.05, 0.1) is 6.10 Å². The molecule has 0 aromatic heterocycles. The van der Waals surface area contributed by atoms with Gasteiger partial charge < -0.3 is 5.11 Å². The van der Waals surface area contributed by atoms with E-state index in [4.69, 9.17) is 0 Å². The zero-order valence-electron chi connectivity index (χ0n) is 8.69. The predicted molar refractivity (Wildman–Crippen MR) is 52.5 cm³/mol. The Morgan fingerprint density at radius 3 is 2.60 bits per heavy atom. The van der Waals surface area contributed by atoms with Crippen LogP contribution >= 0.6 is 0 Å². The van der Waals surface area contributed by atoms with Crippen molar-refractivity contribution in [2.24, 2.45) is 0 Å². The van der Waals surface area contributed by atoms with Gasteiger partial charge in [0.25, 0.3) is 0 Å². The average Bonchev–Trinajstić information content (AvgIpc) is 2.15. The summed E-state index contributed by atoms with van der Waals surface area (Å²) >= 11 is 0. The number of alkyl halides is 3. The van der Waals surface area contributed by atoms with Crippen molar-refractivity contribution in [1.82, 2.24) is 0 Å². The van der Waals surface area contributed by atoms with Gasteiger partial charge >= 0.3 is 6.18 Å². The minimum atomic E-state index is -4.15. The van der Waals surface area contributed by atoms with Crippen LogP contribution in [-0.2, 0) is 0 Å². The molecule has 0 saturated carbocycles. The first-order chi connectivity index (χ1) is 6.97. The highest BCUT2D eigenvalue weighted by atomic mass is 19.4. The second-order valence-corrected chi connectivity index (χ2v) is 4.12. The lowest BCUT2D eigenvalue weighted by molar-refractivity contribution is -0.139. The van der Waals surface area contributed by atoms with Gasteiger partial charge in [-0.05, 0) is 38.5 Å². The predicted octanol–water partition coefficient (Wildman–Crippen LogP) is 3.58. The van der Waals surface area contributed by atoms with E-state index in [0.29, 0.717) is 6.42 Å². The molecule has 0 spiro atoms. The van der Waals surface area contributed by atoms with Crippen LogP contribution in [0.2, 0.25) is 0 Å². The van der Waals surface area contributed by atoms with E-state index in [1.165, 1.54) is 0 Å². The van der Waals surface area contributed by atoms with Crippen molar-refractivity contribution in [3.05, 3.63) is 11.6 Å². The number of rotatable bonds is 4. The summed E-state index contributed by atoms with van der Waals surface area (Å²) in [7, 11) is 0. The van der Waals surface area contributed by atoms with Crippen molar-refractivity contribution in [2.45, 2.75) is 57.2 Å². The molecule has 1 nitrogen and oxygen atoms in total. The van der Waals surface area contributed by atoms with Crippen LogP contribution < -0.4 is 0 Å². The topological polar surface area (TPSA) is 20.2 Å². The second kappa shape index (κ2) is 5.54. The van der Waals surface area contributed by atoms with E-state index >= 15 is 0 Å². The maximum Gasteiger partial charge on any atom is 0.389 e. The molecule has 0 saturated heterocycles. The van der Waals surface area contributed by atoms with Gasteiger partial charge in [-0.2, -0.15) is 13.2 Å². The maximum atomic E-state index is 11.9. The first-order valence-electron chi connectivity index (χ1n) is 5.40. The fraction of sp³-hybridized carbons (Fsp3) is 0.818. The van der Waals surface area contributed by atoms with E-state index in [2.05, 4.69) is 6.08 Å². The molecule has 1 rings (SSSR count). The highest BCUT2D eigenvalue weighted by Gasteiger charge is 2.28. The van der Waals surface area contributed by atoms with Crippen molar-refractivity contribution in [1.29, 1.82) is 0 Å². The third-order valence-corrected chi connectivity index (χ3v) is 2.64. The molecule has 0 aliphatic heterocycles.